The molecule has 0 aromatic heterocycles. The van der Waals surface area contributed by atoms with E-state index >= 15 is 0 Å². The molecule has 0 amide bonds. The molecule has 2 rings (SSSR count). The van der Waals surface area contributed by atoms with Crippen LogP contribution >= 0.6 is 11.8 Å². The maximum absolute atomic E-state index is 13.1. The molecule has 88 valence electrons. The standard InChI is InChI=1S/C12H12BFO2S/c13-11-10(14)6-9(17-11)7-16-12(15)8-4-2-1-3-5-8/h1-5,9-11H,6-7H2/t9-,10-,11?/m0/s1. The zero-order chi connectivity index (χ0) is 12.3. The summed E-state index contributed by atoms with van der Waals surface area (Å²) in [6.07, 6.45) is -0.645. The van der Waals surface area contributed by atoms with Crippen LogP contribution in [0.15, 0.2) is 30.3 Å². The number of carbonyl (C=O) groups is 1. The highest BCUT2D eigenvalue weighted by atomic mass is 32.2. The van der Waals surface area contributed by atoms with Crippen molar-refractivity contribution in [3.63, 3.8) is 0 Å². The molecule has 5 heteroatoms. The number of benzene rings is 1. The fraction of sp³-hybridized carbons (Fsp3) is 0.417. The molecule has 1 unspecified atom stereocenters. The number of hydrogen-bond donors (Lipinski definition) is 0. The molecule has 1 heterocycles. The van der Waals surface area contributed by atoms with Gasteiger partial charge in [0.2, 0.25) is 0 Å². The molecule has 0 spiro atoms. The number of carbonyl (C=O) groups excluding carboxylic acids is 1. The highest BCUT2D eigenvalue weighted by molar-refractivity contribution is 8.01. The molecule has 1 aromatic rings. The molecule has 1 aliphatic heterocycles. The van der Waals surface area contributed by atoms with Crippen molar-refractivity contribution in [3.8, 4) is 0 Å². The van der Waals surface area contributed by atoms with Gasteiger partial charge in [0, 0.05) is 5.25 Å². The van der Waals surface area contributed by atoms with Crippen molar-refractivity contribution in [1.82, 2.24) is 0 Å². The van der Waals surface area contributed by atoms with Gasteiger partial charge in [-0.2, -0.15) is 11.8 Å². The lowest BCUT2D eigenvalue weighted by Gasteiger charge is -2.09. The van der Waals surface area contributed by atoms with Gasteiger partial charge >= 0.3 is 5.97 Å². The monoisotopic (exact) mass is 250 g/mol. The molecule has 1 aliphatic rings. The highest BCUT2D eigenvalue weighted by Gasteiger charge is 2.32. The molecule has 3 atom stereocenters. The first-order valence-electron chi connectivity index (χ1n) is 5.44. The van der Waals surface area contributed by atoms with E-state index < -0.39 is 11.3 Å². The SMILES string of the molecule is [B]C1S[C@H](COC(=O)c2ccccc2)C[C@@H]1F. The maximum Gasteiger partial charge on any atom is 0.338 e. The van der Waals surface area contributed by atoms with Gasteiger partial charge in [0.1, 0.15) is 12.8 Å². The van der Waals surface area contributed by atoms with Crippen LogP contribution in [0.25, 0.3) is 0 Å². The fourth-order valence-corrected chi connectivity index (χ4v) is 2.85. The number of rotatable bonds is 3. The normalized spacial score (nSPS) is 27.9. The van der Waals surface area contributed by atoms with Crippen LogP contribution in [0.3, 0.4) is 0 Å². The Morgan fingerprint density at radius 2 is 2.18 bits per heavy atom. The average molecular weight is 250 g/mol. The molecule has 2 nitrogen and oxygen atoms in total. The van der Waals surface area contributed by atoms with Crippen LogP contribution in [-0.4, -0.2) is 37.0 Å². The van der Waals surface area contributed by atoms with E-state index in [2.05, 4.69) is 0 Å². The Morgan fingerprint density at radius 3 is 2.76 bits per heavy atom. The van der Waals surface area contributed by atoms with E-state index in [0.29, 0.717) is 12.0 Å². The Morgan fingerprint density at radius 1 is 1.47 bits per heavy atom. The molecule has 1 saturated heterocycles. The van der Waals surface area contributed by atoms with Gasteiger partial charge in [-0.3, -0.25) is 0 Å². The summed E-state index contributed by atoms with van der Waals surface area (Å²) in [5, 5.41) is -0.525. The smallest absolute Gasteiger partial charge is 0.338 e. The zero-order valence-corrected chi connectivity index (χ0v) is 10.0. The number of ether oxygens (including phenoxy) is 1. The Bertz CT molecular complexity index is 377. The van der Waals surface area contributed by atoms with Gasteiger partial charge in [-0.1, -0.05) is 18.2 Å². The van der Waals surface area contributed by atoms with Gasteiger partial charge in [0.05, 0.1) is 13.4 Å². The van der Waals surface area contributed by atoms with Crippen molar-refractivity contribution in [3.05, 3.63) is 35.9 Å². The van der Waals surface area contributed by atoms with Crippen LogP contribution in [0, 0.1) is 0 Å². The van der Waals surface area contributed by atoms with E-state index in [-0.39, 0.29) is 17.8 Å². The van der Waals surface area contributed by atoms with Gasteiger partial charge in [-0.05, 0) is 23.7 Å². The molecule has 2 radical (unpaired) electrons. The van der Waals surface area contributed by atoms with Crippen molar-refractivity contribution in [2.45, 2.75) is 23.0 Å². The van der Waals surface area contributed by atoms with Crippen LogP contribution < -0.4 is 0 Å². The highest BCUT2D eigenvalue weighted by Crippen LogP contribution is 2.34. The molecule has 17 heavy (non-hydrogen) atoms. The average Bonchev–Trinajstić information content (AvgIpc) is 2.67. The van der Waals surface area contributed by atoms with E-state index in [1.54, 1.807) is 24.3 Å². The summed E-state index contributed by atoms with van der Waals surface area (Å²) in [4.78, 5) is 11.6. The van der Waals surface area contributed by atoms with Crippen LogP contribution in [0.1, 0.15) is 16.8 Å². The van der Waals surface area contributed by atoms with Crippen molar-refractivity contribution in [2.24, 2.45) is 0 Å². The van der Waals surface area contributed by atoms with Crippen molar-refractivity contribution < 1.29 is 13.9 Å². The van der Waals surface area contributed by atoms with Gasteiger partial charge in [-0.15, -0.1) is 0 Å². The minimum Gasteiger partial charge on any atom is -0.461 e. The summed E-state index contributed by atoms with van der Waals surface area (Å²) in [5.41, 5.74) is 0.511. The third kappa shape index (κ3) is 3.25. The van der Waals surface area contributed by atoms with Crippen LogP contribution in [0.2, 0.25) is 0 Å². The lowest BCUT2D eigenvalue weighted by molar-refractivity contribution is 0.0501. The topological polar surface area (TPSA) is 26.3 Å². The summed E-state index contributed by atoms with van der Waals surface area (Å²) in [5.74, 6) is -0.373. The Kier molecular flexibility index (Phi) is 4.10. The van der Waals surface area contributed by atoms with E-state index in [1.807, 2.05) is 6.07 Å². The largest absolute Gasteiger partial charge is 0.461 e. The second-order valence-corrected chi connectivity index (χ2v) is 5.42. The van der Waals surface area contributed by atoms with E-state index in [9.17, 15) is 9.18 Å². The van der Waals surface area contributed by atoms with Gasteiger partial charge in [0.15, 0.2) is 0 Å². The molecule has 1 fully saturated rings. The van der Waals surface area contributed by atoms with Crippen molar-refractivity contribution in [2.75, 3.05) is 6.61 Å². The Hall–Kier alpha value is -0.965. The number of hydrogen-bond acceptors (Lipinski definition) is 3. The second kappa shape index (κ2) is 5.58. The lowest BCUT2D eigenvalue weighted by atomic mass is 9.97. The Labute approximate surface area is 105 Å². The van der Waals surface area contributed by atoms with Crippen molar-refractivity contribution >= 4 is 25.6 Å². The number of esters is 1. The summed E-state index contributed by atoms with van der Waals surface area (Å²) < 4.78 is 18.3. The molecule has 1 aromatic carbocycles. The quantitative estimate of drug-likeness (QED) is 0.607. The zero-order valence-electron chi connectivity index (χ0n) is 9.21. The number of halogens is 1. The van der Waals surface area contributed by atoms with Gasteiger partial charge in [0.25, 0.3) is 0 Å². The summed E-state index contributed by atoms with van der Waals surface area (Å²) in [6.45, 7) is 0.215. The van der Waals surface area contributed by atoms with Crippen molar-refractivity contribution in [1.29, 1.82) is 0 Å². The third-order valence-electron chi connectivity index (χ3n) is 2.60. The minimum absolute atomic E-state index is 0.0346. The van der Waals surface area contributed by atoms with Crippen LogP contribution in [-0.2, 0) is 4.74 Å². The predicted octanol–water partition coefficient (Wildman–Crippen LogP) is 2.18. The fourth-order valence-electron chi connectivity index (χ4n) is 1.68. The first-order chi connectivity index (χ1) is 8.16. The summed E-state index contributed by atoms with van der Waals surface area (Å²) >= 11 is 1.34. The van der Waals surface area contributed by atoms with E-state index in [0.717, 1.165) is 0 Å². The first-order valence-corrected chi connectivity index (χ1v) is 6.38. The number of thioether (sulfide) groups is 1. The molecular weight excluding hydrogens is 238 g/mol. The van der Waals surface area contributed by atoms with Gasteiger partial charge in [-0.25, -0.2) is 9.18 Å². The first kappa shape index (κ1) is 12.5. The summed E-state index contributed by atoms with van der Waals surface area (Å²) in [7, 11) is 5.53. The lowest BCUT2D eigenvalue weighted by Crippen LogP contribution is -2.15. The number of alkyl halides is 1. The molecule has 0 bridgehead atoms. The molecular formula is C12H12BFO2S. The maximum atomic E-state index is 13.1. The molecule has 0 saturated carbocycles. The van der Waals surface area contributed by atoms with Crippen LogP contribution in [0.5, 0.6) is 0 Å². The Balaban J connectivity index is 1.81. The predicted molar refractivity (Wildman–Crippen MR) is 67.2 cm³/mol. The second-order valence-electron chi connectivity index (χ2n) is 3.94. The van der Waals surface area contributed by atoms with Gasteiger partial charge < -0.3 is 4.74 Å². The van der Waals surface area contributed by atoms with E-state index in [1.165, 1.54) is 11.8 Å². The molecule has 0 aliphatic carbocycles. The summed E-state index contributed by atoms with van der Waals surface area (Å²) in [6, 6.07) is 8.75. The third-order valence-corrected chi connectivity index (χ3v) is 3.93. The van der Waals surface area contributed by atoms with E-state index in [4.69, 9.17) is 12.6 Å². The van der Waals surface area contributed by atoms with Crippen LogP contribution in [0.4, 0.5) is 4.39 Å². The minimum atomic E-state index is -1.000. The molecule has 0 N–H and O–H groups in total.